The number of hydrogen-bond donors (Lipinski definition) is 0. The Balaban J connectivity index is 4.49. The van der Waals surface area contributed by atoms with E-state index in [9.17, 15) is 0 Å². The Bertz CT molecular complexity index is 352. The van der Waals surface area contributed by atoms with Gasteiger partial charge in [0.15, 0.2) is 0 Å². The minimum atomic E-state index is -0.392. The summed E-state index contributed by atoms with van der Waals surface area (Å²) < 4.78 is 25.4. The van der Waals surface area contributed by atoms with Crippen molar-refractivity contribution in [3.8, 4) is 0 Å². The molecule has 0 saturated heterocycles. The van der Waals surface area contributed by atoms with Gasteiger partial charge in [0.2, 0.25) is 0 Å². The van der Waals surface area contributed by atoms with E-state index < -0.39 is 19.0 Å². The lowest BCUT2D eigenvalue weighted by Crippen LogP contribution is -2.43. The zero-order valence-electron chi connectivity index (χ0n) is 23.6. The minimum absolute atomic E-state index is 0.232. The summed E-state index contributed by atoms with van der Waals surface area (Å²) in [6.07, 6.45) is 11.2. The summed E-state index contributed by atoms with van der Waals surface area (Å²) in [4.78, 5) is 0. The van der Waals surface area contributed by atoms with Crippen LogP contribution < -0.4 is 0 Å². The molecule has 0 unspecified atom stereocenters. The lowest BCUT2D eigenvalue weighted by atomic mass is 10.3. The second-order valence-corrected chi connectivity index (χ2v) is 16.5. The third-order valence-corrected chi connectivity index (χ3v) is 13.5. The van der Waals surface area contributed by atoms with Crippen molar-refractivity contribution in [1.29, 1.82) is 0 Å². The van der Waals surface area contributed by atoms with Gasteiger partial charge in [-0.1, -0.05) is 88.1 Å². The van der Waals surface area contributed by atoms with Gasteiger partial charge in [-0.15, -0.1) is 0 Å². The molecular formula is C26H58O4S2Si2. The van der Waals surface area contributed by atoms with Gasteiger partial charge in [0.25, 0.3) is 0 Å². The van der Waals surface area contributed by atoms with E-state index in [1.165, 1.54) is 49.3 Å². The molecule has 0 atom stereocenters. The first-order valence-corrected chi connectivity index (χ1v) is 20.3. The SMILES string of the molecule is CCCOC(CCCSSCCCC(OCCC)(OCCC)[SiH2]CCC)(OCCC)[SiH2]CCC. The van der Waals surface area contributed by atoms with Crippen LogP contribution >= 0.6 is 21.6 Å². The predicted molar refractivity (Wildman–Crippen MR) is 161 cm³/mol. The largest absolute Gasteiger partial charge is 0.354 e. The predicted octanol–water partition coefficient (Wildman–Crippen LogP) is 6.94. The van der Waals surface area contributed by atoms with Crippen molar-refractivity contribution in [3.63, 3.8) is 0 Å². The summed E-state index contributed by atoms with van der Waals surface area (Å²) in [7, 11) is 3.26. The molecule has 0 radical (unpaired) electrons. The molecule has 8 heteroatoms. The quantitative estimate of drug-likeness (QED) is 0.0474. The molecule has 0 aromatic rings. The summed E-state index contributed by atoms with van der Waals surface area (Å²) in [5, 5.41) is 0. The Morgan fingerprint density at radius 3 is 1.09 bits per heavy atom. The first-order chi connectivity index (χ1) is 16.6. The van der Waals surface area contributed by atoms with E-state index in [1.54, 1.807) is 0 Å². The monoisotopic (exact) mass is 554 g/mol. The molecule has 0 fully saturated rings. The van der Waals surface area contributed by atoms with Crippen LogP contribution in [0.1, 0.15) is 106 Å². The average Bonchev–Trinajstić information content (AvgIpc) is 2.86. The van der Waals surface area contributed by atoms with E-state index in [1.807, 2.05) is 21.6 Å². The van der Waals surface area contributed by atoms with Crippen LogP contribution in [0.2, 0.25) is 12.1 Å². The van der Waals surface area contributed by atoms with Crippen molar-refractivity contribution in [1.82, 2.24) is 0 Å². The third kappa shape index (κ3) is 17.4. The van der Waals surface area contributed by atoms with Crippen LogP contribution in [-0.4, -0.2) is 67.8 Å². The highest BCUT2D eigenvalue weighted by molar-refractivity contribution is 8.76. The molecule has 0 aromatic heterocycles. The molecule has 0 saturated carbocycles. The van der Waals surface area contributed by atoms with Crippen molar-refractivity contribution in [2.75, 3.05) is 37.9 Å². The Kier molecular flexibility index (Phi) is 25.0. The van der Waals surface area contributed by atoms with E-state index in [0.717, 1.165) is 65.0 Å². The highest BCUT2D eigenvalue weighted by atomic mass is 33.1. The fourth-order valence-electron chi connectivity index (χ4n) is 3.87. The number of ether oxygens (including phenoxy) is 4. The van der Waals surface area contributed by atoms with Gasteiger partial charge in [0, 0.05) is 37.9 Å². The van der Waals surface area contributed by atoms with Gasteiger partial charge in [0.1, 0.15) is 10.8 Å². The Labute approximate surface area is 225 Å². The lowest BCUT2D eigenvalue weighted by Gasteiger charge is -2.34. The molecule has 206 valence electrons. The van der Waals surface area contributed by atoms with Crippen molar-refractivity contribution in [2.45, 2.75) is 129 Å². The summed E-state index contributed by atoms with van der Waals surface area (Å²) in [6.45, 7) is 16.6. The first-order valence-electron chi connectivity index (χ1n) is 14.4. The van der Waals surface area contributed by atoms with Crippen LogP contribution in [0.5, 0.6) is 0 Å². The average molecular weight is 555 g/mol. The van der Waals surface area contributed by atoms with Crippen molar-refractivity contribution >= 4 is 40.6 Å². The molecule has 0 aliphatic rings. The van der Waals surface area contributed by atoms with E-state index >= 15 is 0 Å². The molecule has 0 spiro atoms. The van der Waals surface area contributed by atoms with Crippen LogP contribution in [0, 0.1) is 0 Å². The summed E-state index contributed by atoms with van der Waals surface area (Å²) >= 11 is 0. The van der Waals surface area contributed by atoms with Crippen molar-refractivity contribution in [3.05, 3.63) is 0 Å². The normalized spacial score (nSPS) is 13.2. The Morgan fingerprint density at radius 2 is 0.824 bits per heavy atom. The molecule has 0 aliphatic carbocycles. The van der Waals surface area contributed by atoms with Gasteiger partial charge in [-0.3, -0.25) is 0 Å². The Hall–Kier alpha value is 0.974. The molecule has 4 nitrogen and oxygen atoms in total. The molecule has 0 heterocycles. The topological polar surface area (TPSA) is 36.9 Å². The zero-order chi connectivity index (χ0) is 25.4. The second kappa shape index (κ2) is 24.3. The van der Waals surface area contributed by atoms with Gasteiger partial charge in [-0.2, -0.15) is 0 Å². The molecule has 0 rings (SSSR count). The van der Waals surface area contributed by atoms with Gasteiger partial charge in [-0.05, 0) is 51.4 Å². The van der Waals surface area contributed by atoms with Gasteiger partial charge >= 0.3 is 0 Å². The maximum Gasteiger partial charge on any atom is 0.145 e. The molecule has 0 aliphatic heterocycles. The molecule has 34 heavy (non-hydrogen) atoms. The van der Waals surface area contributed by atoms with Crippen molar-refractivity contribution in [2.24, 2.45) is 0 Å². The smallest absolute Gasteiger partial charge is 0.145 e. The highest BCUT2D eigenvalue weighted by Crippen LogP contribution is 2.30. The van der Waals surface area contributed by atoms with Gasteiger partial charge in [0.05, 0.1) is 19.0 Å². The minimum Gasteiger partial charge on any atom is -0.354 e. The van der Waals surface area contributed by atoms with E-state index in [2.05, 4.69) is 41.5 Å². The van der Waals surface area contributed by atoms with Gasteiger partial charge in [-0.25, -0.2) is 0 Å². The standard InChI is InChI=1S/C26H58O4S2Si2/c1-7-17-27-25(28-18-8-2,33-23-11-5)15-13-21-31-32-22-14-16-26(29-19-9-3,30-20-10-4)34-24-12-6/h7-24,33-34H2,1-6H3. The van der Waals surface area contributed by atoms with E-state index in [4.69, 9.17) is 18.9 Å². The van der Waals surface area contributed by atoms with Crippen LogP contribution in [0.15, 0.2) is 0 Å². The first kappa shape index (κ1) is 35.0. The second-order valence-electron chi connectivity index (χ2n) is 9.27. The maximum absolute atomic E-state index is 6.36. The van der Waals surface area contributed by atoms with Crippen LogP contribution in [0.25, 0.3) is 0 Å². The Morgan fingerprint density at radius 1 is 0.500 bits per heavy atom. The lowest BCUT2D eigenvalue weighted by molar-refractivity contribution is -0.185. The van der Waals surface area contributed by atoms with E-state index in [0.29, 0.717) is 0 Å². The molecule has 0 bridgehead atoms. The van der Waals surface area contributed by atoms with Crippen LogP contribution in [-0.2, 0) is 18.9 Å². The summed E-state index contributed by atoms with van der Waals surface area (Å²) in [5.74, 6) is 2.35. The van der Waals surface area contributed by atoms with E-state index in [-0.39, 0.29) is 10.8 Å². The zero-order valence-corrected chi connectivity index (χ0v) is 28.1. The highest BCUT2D eigenvalue weighted by Gasteiger charge is 2.32. The summed E-state index contributed by atoms with van der Waals surface area (Å²) in [6, 6.07) is 2.61. The van der Waals surface area contributed by atoms with Crippen LogP contribution in [0.3, 0.4) is 0 Å². The number of hydrogen-bond acceptors (Lipinski definition) is 6. The fourth-order valence-corrected chi connectivity index (χ4v) is 9.99. The summed E-state index contributed by atoms with van der Waals surface area (Å²) in [5.41, 5.74) is -0.464. The third-order valence-electron chi connectivity index (χ3n) is 5.75. The van der Waals surface area contributed by atoms with Crippen molar-refractivity contribution < 1.29 is 18.9 Å². The molecule has 0 amide bonds. The molecule has 0 aromatic carbocycles. The molecular weight excluding hydrogens is 497 g/mol. The molecule has 0 N–H and O–H groups in total. The maximum atomic E-state index is 6.36. The van der Waals surface area contributed by atoms with Crippen LogP contribution in [0.4, 0.5) is 0 Å². The van der Waals surface area contributed by atoms with Gasteiger partial charge < -0.3 is 18.9 Å². The fraction of sp³-hybridized carbons (Fsp3) is 1.00. The number of rotatable bonds is 27.